The number of carbonyl (C=O) groups excluding carboxylic acids is 1. The topological polar surface area (TPSA) is 35.6 Å². The molecule has 1 atom stereocenters. The van der Waals surface area contributed by atoms with Crippen LogP contribution in [0.5, 0.6) is 0 Å². The van der Waals surface area contributed by atoms with Gasteiger partial charge in [0.05, 0.1) is 6.17 Å². The van der Waals surface area contributed by atoms with Crippen molar-refractivity contribution in [1.82, 2.24) is 15.1 Å². The van der Waals surface area contributed by atoms with E-state index in [1.807, 2.05) is 18.7 Å². The molecule has 2 amide bonds. The van der Waals surface area contributed by atoms with E-state index in [0.29, 0.717) is 0 Å². The Morgan fingerprint density at radius 1 is 1.47 bits per heavy atom. The summed E-state index contributed by atoms with van der Waals surface area (Å²) in [6, 6.07) is 0.0637. The molecular weight excluding hydrogens is 214 g/mol. The predicted octanol–water partition coefficient (Wildman–Crippen LogP) is 1.51. The zero-order chi connectivity index (χ0) is 10.6. The van der Waals surface area contributed by atoms with E-state index in [9.17, 15) is 4.79 Å². The fraction of sp³-hybridized carbons (Fsp3) is 0.900. The molecule has 0 radical (unpaired) electrons. The highest BCUT2D eigenvalue weighted by Crippen LogP contribution is 2.12. The van der Waals surface area contributed by atoms with Crippen molar-refractivity contribution in [2.24, 2.45) is 0 Å². The van der Waals surface area contributed by atoms with Gasteiger partial charge in [0.15, 0.2) is 0 Å². The minimum absolute atomic E-state index is 0. The fourth-order valence-electron chi connectivity index (χ4n) is 1.84. The van der Waals surface area contributed by atoms with Crippen LogP contribution < -0.4 is 5.32 Å². The van der Waals surface area contributed by atoms with Crippen LogP contribution in [0.25, 0.3) is 0 Å². The standard InChI is InChI=1S/C10H21N3O.ClH/c1-4-13(5-2)10(14)11-9-7-6-8-12(9)3;/h9H,4-8H2,1-3H3,(H,11,14);1H. The van der Waals surface area contributed by atoms with Crippen LogP contribution in [0.3, 0.4) is 0 Å². The Morgan fingerprint density at radius 3 is 2.47 bits per heavy atom. The number of likely N-dealkylation sites (tertiary alicyclic amines) is 1. The molecule has 15 heavy (non-hydrogen) atoms. The van der Waals surface area contributed by atoms with Gasteiger partial charge in [0.25, 0.3) is 0 Å². The Kier molecular flexibility index (Phi) is 6.68. The molecule has 0 aromatic heterocycles. The van der Waals surface area contributed by atoms with E-state index in [0.717, 1.165) is 26.1 Å². The third-order valence-corrected chi connectivity index (χ3v) is 2.86. The van der Waals surface area contributed by atoms with Gasteiger partial charge in [0, 0.05) is 13.1 Å². The smallest absolute Gasteiger partial charge is 0.318 e. The van der Waals surface area contributed by atoms with Crippen LogP contribution in [0.4, 0.5) is 4.79 Å². The van der Waals surface area contributed by atoms with Gasteiger partial charge in [-0.25, -0.2) is 4.79 Å². The van der Waals surface area contributed by atoms with Crippen molar-refractivity contribution in [2.75, 3.05) is 26.7 Å². The monoisotopic (exact) mass is 235 g/mol. The molecule has 1 saturated heterocycles. The van der Waals surface area contributed by atoms with Crippen LogP contribution in [-0.4, -0.2) is 48.7 Å². The summed E-state index contributed by atoms with van der Waals surface area (Å²) in [4.78, 5) is 15.7. The molecule has 1 fully saturated rings. The third kappa shape index (κ3) is 3.87. The number of nitrogens with one attached hydrogen (secondary N) is 1. The molecule has 1 aliphatic rings. The van der Waals surface area contributed by atoms with E-state index >= 15 is 0 Å². The maximum absolute atomic E-state index is 11.7. The van der Waals surface area contributed by atoms with Crippen molar-refractivity contribution in [3.63, 3.8) is 0 Å². The van der Waals surface area contributed by atoms with Crippen molar-refractivity contribution in [3.05, 3.63) is 0 Å². The molecule has 5 heteroatoms. The summed E-state index contributed by atoms with van der Waals surface area (Å²) < 4.78 is 0. The lowest BCUT2D eigenvalue weighted by Crippen LogP contribution is -2.48. The van der Waals surface area contributed by atoms with Crippen LogP contribution in [-0.2, 0) is 0 Å². The lowest BCUT2D eigenvalue weighted by molar-refractivity contribution is 0.183. The van der Waals surface area contributed by atoms with E-state index in [1.165, 1.54) is 6.42 Å². The maximum Gasteiger partial charge on any atom is 0.318 e. The number of rotatable bonds is 3. The minimum atomic E-state index is 0. The second kappa shape index (κ2) is 6.90. The Hall–Kier alpha value is -0.480. The van der Waals surface area contributed by atoms with Gasteiger partial charge in [0.1, 0.15) is 0 Å². The average molecular weight is 236 g/mol. The van der Waals surface area contributed by atoms with Crippen molar-refractivity contribution < 1.29 is 4.79 Å². The largest absolute Gasteiger partial charge is 0.325 e. The maximum atomic E-state index is 11.7. The zero-order valence-electron chi connectivity index (χ0n) is 9.82. The van der Waals surface area contributed by atoms with Gasteiger partial charge >= 0.3 is 6.03 Å². The Labute approximate surface area is 98.4 Å². The molecule has 1 N–H and O–H groups in total. The minimum Gasteiger partial charge on any atom is -0.325 e. The third-order valence-electron chi connectivity index (χ3n) is 2.86. The molecule has 0 aliphatic carbocycles. The van der Waals surface area contributed by atoms with Crippen molar-refractivity contribution >= 4 is 18.4 Å². The highest BCUT2D eigenvalue weighted by Gasteiger charge is 2.23. The molecule has 0 bridgehead atoms. The lowest BCUT2D eigenvalue weighted by Gasteiger charge is -2.25. The quantitative estimate of drug-likeness (QED) is 0.805. The molecule has 1 heterocycles. The Bertz CT molecular complexity index is 197. The Balaban J connectivity index is 0.00000196. The highest BCUT2D eigenvalue weighted by molar-refractivity contribution is 5.85. The highest BCUT2D eigenvalue weighted by atomic mass is 35.5. The SMILES string of the molecule is CCN(CC)C(=O)NC1CCCN1C.Cl. The molecule has 90 valence electrons. The number of halogens is 1. The molecule has 1 unspecified atom stereocenters. The number of hydrogen-bond acceptors (Lipinski definition) is 2. The molecule has 0 aromatic carbocycles. The number of nitrogens with zero attached hydrogens (tertiary/aromatic N) is 2. The van der Waals surface area contributed by atoms with Gasteiger partial charge in [0.2, 0.25) is 0 Å². The summed E-state index contributed by atoms with van der Waals surface area (Å²) in [7, 11) is 2.06. The van der Waals surface area contributed by atoms with E-state index in [4.69, 9.17) is 0 Å². The van der Waals surface area contributed by atoms with Crippen LogP contribution in [0.15, 0.2) is 0 Å². The summed E-state index contributed by atoms with van der Waals surface area (Å²) in [5.74, 6) is 0. The lowest BCUT2D eigenvalue weighted by atomic mass is 10.3. The summed E-state index contributed by atoms with van der Waals surface area (Å²) in [5.41, 5.74) is 0. The van der Waals surface area contributed by atoms with E-state index in [2.05, 4.69) is 17.3 Å². The first-order valence-electron chi connectivity index (χ1n) is 5.44. The number of amides is 2. The second-order valence-electron chi connectivity index (χ2n) is 3.76. The summed E-state index contributed by atoms with van der Waals surface area (Å²) in [5, 5.41) is 3.04. The first-order chi connectivity index (χ1) is 6.69. The van der Waals surface area contributed by atoms with E-state index < -0.39 is 0 Å². The fourth-order valence-corrected chi connectivity index (χ4v) is 1.84. The van der Waals surface area contributed by atoms with E-state index in [1.54, 1.807) is 0 Å². The van der Waals surface area contributed by atoms with Crippen molar-refractivity contribution in [3.8, 4) is 0 Å². The Morgan fingerprint density at radius 2 is 2.07 bits per heavy atom. The molecule has 1 aliphatic heterocycles. The summed E-state index contributed by atoms with van der Waals surface area (Å²) >= 11 is 0. The number of urea groups is 1. The number of hydrogen-bond donors (Lipinski definition) is 1. The van der Waals surface area contributed by atoms with Gasteiger partial charge in [-0.15, -0.1) is 12.4 Å². The van der Waals surface area contributed by atoms with Crippen LogP contribution in [0, 0.1) is 0 Å². The van der Waals surface area contributed by atoms with E-state index in [-0.39, 0.29) is 24.6 Å². The molecule has 0 saturated carbocycles. The summed E-state index contributed by atoms with van der Waals surface area (Å²) in [6.45, 7) is 6.64. The van der Waals surface area contributed by atoms with Gasteiger partial charge in [-0.3, -0.25) is 4.90 Å². The molecule has 1 rings (SSSR count). The van der Waals surface area contributed by atoms with Gasteiger partial charge in [-0.1, -0.05) is 0 Å². The van der Waals surface area contributed by atoms with Gasteiger partial charge in [-0.2, -0.15) is 0 Å². The predicted molar refractivity (Wildman–Crippen MR) is 64.4 cm³/mol. The van der Waals surface area contributed by atoms with Crippen LogP contribution >= 0.6 is 12.4 Å². The number of carbonyl (C=O) groups is 1. The van der Waals surface area contributed by atoms with Crippen molar-refractivity contribution in [1.29, 1.82) is 0 Å². The van der Waals surface area contributed by atoms with Crippen LogP contribution in [0.2, 0.25) is 0 Å². The average Bonchev–Trinajstić information content (AvgIpc) is 2.54. The first kappa shape index (κ1) is 14.5. The second-order valence-corrected chi connectivity index (χ2v) is 3.76. The van der Waals surface area contributed by atoms with Crippen molar-refractivity contribution in [2.45, 2.75) is 32.9 Å². The van der Waals surface area contributed by atoms with Gasteiger partial charge < -0.3 is 10.2 Å². The molecule has 0 aromatic rings. The van der Waals surface area contributed by atoms with Crippen LogP contribution in [0.1, 0.15) is 26.7 Å². The first-order valence-corrected chi connectivity index (χ1v) is 5.44. The normalized spacial score (nSPS) is 20.9. The molecule has 0 spiro atoms. The van der Waals surface area contributed by atoms with Gasteiger partial charge in [-0.05, 0) is 40.3 Å². The molecular formula is C10H22ClN3O. The molecule has 4 nitrogen and oxygen atoms in total. The zero-order valence-corrected chi connectivity index (χ0v) is 10.6. The summed E-state index contributed by atoms with van der Waals surface area (Å²) in [6.07, 6.45) is 2.49.